The van der Waals surface area contributed by atoms with Crippen molar-refractivity contribution in [2.24, 2.45) is 5.41 Å². The Labute approximate surface area is 99.9 Å². The van der Waals surface area contributed by atoms with Crippen LogP contribution in [0.3, 0.4) is 0 Å². The van der Waals surface area contributed by atoms with Gasteiger partial charge in [-0.05, 0) is 28.6 Å². The van der Waals surface area contributed by atoms with Crippen molar-refractivity contribution in [3.63, 3.8) is 0 Å². The van der Waals surface area contributed by atoms with Gasteiger partial charge in [0.1, 0.15) is 0 Å². The lowest BCUT2D eigenvalue weighted by atomic mass is 9.76. The molecular formula is C11H18N4O2. The van der Waals surface area contributed by atoms with Crippen molar-refractivity contribution in [1.82, 2.24) is 15.6 Å². The average Bonchev–Trinajstić information content (AvgIpc) is 2.74. The number of anilines is 1. The first kappa shape index (κ1) is 11.9. The maximum Gasteiger partial charge on any atom is 0.277 e. The Bertz CT molecular complexity index is 396. The molecule has 6 nitrogen and oxygen atoms in total. The average molecular weight is 238 g/mol. The lowest BCUT2D eigenvalue weighted by Crippen LogP contribution is -2.37. The molecule has 0 bridgehead atoms. The second-order valence-corrected chi connectivity index (χ2v) is 5.05. The van der Waals surface area contributed by atoms with E-state index in [0.717, 1.165) is 12.8 Å². The molecule has 94 valence electrons. The van der Waals surface area contributed by atoms with Crippen LogP contribution in [0.15, 0.2) is 4.63 Å². The molecule has 17 heavy (non-hydrogen) atoms. The number of nitrogens with one attached hydrogen (secondary N) is 1. The van der Waals surface area contributed by atoms with Crippen molar-refractivity contribution in [3.05, 3.63) is 5.69 Å². The van der Waals surface area contributed by atoms with Gasteiger partial charge in [0.2, 0.25) is 11.5 Å². The third-order valence-corrected chi connectivity index (χ3v) is 3.47. The maximum absolute atomic E-state index is 11.8. The Hall–Kier alpha value is -1.59. The first-order chi connectivity index (χ1) is 8.11. The number of nitrogens with zero attached hydrogens (tertiary/aromatic N) is 2. The van der Waals surface area contributed by atoms with Crippen LogP contribution in [0.25, 0.3) is 0 Å². The molecule has 1 amide bonds. The van der Waals surface area contributed by atoms with Crippen LogP contribution in [0, 0.1) is 5.41 Å². The Kier molecular flexibility index (Phi) is 3.31. The van der Waals surface area contributed by atoms with Crippen molar-refractivity contribution in [1.29, 1.82) is 0 Å². The molecule has 0 atom stereocenters. The molecule has 1 heterocycles. The highest BCUT2D eigenvalue weighted by atomic mass is 16.6. The summed E-state index contributed by atoms with van der Waals surface area (Å²) in [6.07, 6.45) is 6.07. The van der Waals surface area contributed by atoms with E-state index in [-0.39, 0.29) is 22.8 Å². The van der Waals surface area contributed by atoms with Gasteiger partial charge < -0.3 is 11.1 Å². The smallest absolute Gasteiger partial charge is 0.277 e. The van der Waals surface area contributed by atoms with E-state index < -0.39 is 0 Å². The van der Waals surface area contributed by atoms with Crippen LogP contribution < -0.4 is 11.1 Å². The number of carbonyl (C=O) groups is 1. The normalized spacial score (nSPS) is 18.9. The summed E-state index contributed by atoms with van der Waals surface area (Å²) in [5.74, 6) is -0.271. The first-order valence-electron chi connectivity index (χ1n) is 5.97. The van der Waals surface area contributed by atoms with E-state index in [1.165, 1.54) is 19.3 Å². The monoisotopic (exact) mass is 238 g/mol. The van der Waals surface area contributed by atoms with Gasteiger partial charge in [0, 0.05) is 6.54 Å². The summed E-state index contributed by atoms with van der Waals surface area (Å²) in [7, 11) is 0. The number of nitrogens with two attached hydrogens (primary N) is 1. The molecule has 1 saturated carbocycles. The summed E-state index contributed by atoms with van der Waals surface area (Å²) in [6.45, 7) is 2.86. The van der Waals surface area contributed by atoms with Gasteiger partial charge in [-0.1, -0.05) is 26.2 Å². The predicted molar refractivity (Wildman–Crippen MR) is 62.2 cm³/mol. The molecule has 2 rings (SSSR count). The fraction of sp³-hybridized carbons (Fsp3) is 0.727. The van der Waals surface area contributed by atoms with Gasteiger partial charge in [-0.3, -0.25) is 4.79 Å². The largest absolute Gasteiger partial charge is 0.379 e. The van der Waals surface area contributed by atoms with Crippen molar-refractivity contribution >= 4 is 11.7 Å². The standard InChI is InChI=1S/C11H18N4O2/c1-11(5-3-2-4-6-11)7-13-10(16)8-9(12)15-17-14-8/h2-7H2,1H3,(H2,12,15)(H,13,16). The fourth-order valence-corrected chi connectivity index (χ4v) is 2.31. The Morgan fingerprint density at radius 1 is 1.41 bits per heavy atom. The Balaban J connectivity index is 1.90. The van der Waals surface area contributed by atoms with E-state index in [1.54, 1.807) is 0 Å². The highest BCUT2D eigenvalue weighted by molar-refractivity contribution is 5.95. The highest BCUT2D eigenvalue weighted by Gasteiger charge is 2.28. The maximum atomic E-state index is 11.8. The van der Waals surface area contributed by atoms with Crippen molar-refractivity contribution < 1.29 is 9.42 Å². The van der Waals surface area contributed by atoms with Gasteiger partial charge in [0.05, 0.1) is 0 Å². The molecular weight excluding hydrogens is 220 g/mol. The fourth-order valence-electron chi connectivity index (χ4n) is 2.31. The zero-order chi connectivity index (χ0) is 12.3. The van der Waals surface area contributed by atoms with Crippen LogP contribution in [-0.2, 0) is 0 Å². The van der Waals surface area contributed by atoms with Crippen molar-refractivity contribution in [2.75, 3.05) is 12.3 Å². The van der Waals surface area contributed by atoms with Gasteiger partial charge in [-0.2, -0.15) is 0 Å². The third-order valence-electron chi connectivity index (χ3n) is 3.47. The summed E-state index contributed by atoms with van der Waals surface area (Å²) in [5, 5.41) is 9.71. The highest BCUT2D eigenvalue weighted by Crippen LogP contribution is 2.34. The third kappa shape index (κ3) is 2.75. The van der Waals surface area contributed by atoms with E-state index in [9.17, 15) is 4.79 Å². The lowest BCUT2D eigenvalue weighted by molar-refractivity contribution is 0.0910. The molecule has 0 saturated heterocycles. The molecule has 1 fully saturated rings. The van der Waals surface area contributed by atoms with E-state index in [1.807, 2.05) is 0 Å². The molecule has 6 heteroatoms. The summed E-state index contributed by atoms with van der Waals surface area (Å²) in [4.78, 5) is 11.8. The van der Waals surface area contributed by atoms with Crippen LogP contribution in [-0.4, -0.2) is 22.8 Å². The number of hydrogen-bond donors (Lipinski definition) is 2. The van der Waals surface area contributed by atoms with E-state index in [4.69, 9.17) is 5.73 Å². The van der Waals surface area contributed by atoms with E-state index in [0.29, 0.717) is 6.54 Å². The summed E-state index contributed by atoms with van der Waals surface area (Å²) in [5.41, 5.74) is 5.72. The molecule has 0 radical (unpaired) electrons. The number of nitrogen functional groups attached to an aromatic ring is 1. The van der Waals surface area contributed by atoms with Crippen LogP contribution in [0.2, 0.25) is 0 Å². The van der Waals surface area contributed by atoms with E-state index >= 15 is 0 Å². The van der Waals surface area contributed by atoms with Crippen LogP contribution in [0.5, 0.6) is 0 Å². The van der Waals surface area contributed by atoms with Crippen LogP contribution in [0.4, 0.5) is 5.82 Å². The molecule has 1 aliphatic carbocycles. The number of carbonyl (C=O) groups excluding carboxylic acids is 1. The topological polar surface area (TPSA) is 94.0 Å². The minimum absolute atomic E-state index is 0.0382. The van der Waals surface area contributed by atoms with Gasteiger partial charge in [0.25, 0.3) is 5.91 Å². The molecule has 0 aliphatic heterocycles. The predicted octanol–water partition coefficient (Wildman–Crippen LogP) is 1.35. The molecule has 1 aromatic heterocycles. The second kappa shape index (κ2) is 4.73. The minimum atomic E-state index is -0.310. The van der Waals surface area contributed by atoms with Gasteiger partial charge in [-0.25, -0.2) is 4.63 Å². The summed E-state index contributed by atoms with van der Waals surface area (Å²) >= 11 is 0. The number of aromatic nitrogens is 2. The quantitative estimate of drug-likeness (QED) is 0.829. The summed E-state index contributed by atoms with van der Waals surface area (Å²) < 4.78 is 4.40. The Morgan fingerprint density at radius 2 is 2.12 bits per heavy atom. The first-order valence-corrected chi connectivity index (χ1v) is 5.97. The Morgan fingerprint density at radius 3 is 2.71 bits per heavy atom. The second-order valence-electron chi connectivity index (χ2n) is 5.05. The minimum Gasteiger partial charge on any atom is -0.379 e. The van der Waals surface area contributed by atoms with Crippen molar-refractivity contribution in [3.8, 4) is 0 Å². The van der Waals surface area contributed by atoms with Crippen molar-refractivity contribution in [2.45, 2.75) is 39.0 Å². The molecule has 0 aromatic carbocycles. The molecule has 1 aromatic rings. The molecule has 0 unspecified atom stereocenters. The molecule has 3 N–H and O–H groups in total. The SMILES string of the molecule is CC1(CNC(=O)c2nonc2N)CCCCC1. The summed E-state index contributed by atoms with van der Waals surface area (Å²) in [6, 6.07) is 0. The molecule has 0 spiro atoms. The van der Waals surface area contributed by atoms with Crippen LogP contribution >= 0.6 is 0 Å². The zero-order valence-electron chi connectivity index (χ0n) is 10.0. The lowest BCUT2D eigenvalue weighted by Gasteiger charge is -2.33. The number of rotatable bonds is 3. The van der Waals surface area contributed by atoms with Gasteiger partial charge >= 0.3 is 0 Å². The van der Waals surface area contributed by atoms with Crippen LogP contribution in [0.1, 0.15) is 49.5 Å². The number of hydrogen-bond acceptors (Lipinski definition) is 5. The molecule has 1 aliphatic rings. The van der Waals surface area contributed by atoms with Gasteiger partial charge in [-0.15, -0.1) is 0 Å². The zero-order valence-corrected chi connectivity index (χ0v) is 10.0. The number of amides is 1. The van der Waals surface area contributed by atoms with Gasteiger partial charge in [0.15, 0.2) is 0 Å². The van der Waals surface area contributed by atoms with E-state index in [2.05, 4.69) is 27.2 Å².